The molecule has 2 aromatic heterocycles. The van der Waals surface area contributed by atoms with Crippen molar-refractivity contribution >= 4 is 62.1 Å². The van der Waals surface area contributed by atoms with Crippen LogP contribution in [0.4, 0.5) is 11.4 Å². The van der Waals surface area contributed by atoms with Gasteiger partial charge in [0.2, 0.25) is 5.91 Å². The lowest BCUT2D eigenvalue weighted by atomic mass is 10.1. The first kappa shape index (κ1) is 27.5. The molecule has 3 heterocycles. The van der Waals surface area contributed by atoms with E-state index in [0.29, 0.717) is 11.4 Å². The monoisotopic (exact) mass is 598 g/mol. The Balaban J connectivity index is 1.21. The highest BCUT2D eigenvalue weighted by Crippen LogP contribution is 2.32. The Morgan fingerprint density at radius 1 is 1.10 bits per heavy atom. The second-order valence-corrected chi connectivity index (χ2v) is 11.6. The van der Waals surface area contributed by atoms with Crippen LogP contribution in [0.25, 0.3) is 20.8 Å². The number of amides is 2. The number of aromatic nitrogens is 3. The molecule has 5 aromatic rings. The number of anilines is 2. The van der Waals surface area contributed by atoms with Crippen LogP contribution < -0.4 is 20.0 Å². The summed E-state index contributed by atoms with van der Waals surface area (Å²) in [5.74, 6) is -1.35. The predicted molar refractivity (Wildman–Crippen MR) is 161 cm³/mol. The summed E-state index contributed by atoms with van der Waals surface area (Å²) < 4.78 is 7.18. The second-order valence-electron chi connectivity index (χ2n) is 10.2. The van der Waals surface area contributed by atoms with Gasteiger partial charge >= 0.3 is 0 Å². The third kappa shape index (κ3) is 5.21. The van der Waals surface area contributed by atoms with Crippen LogP contribution >= 0.6 is 23.6 Å². The highest BCUT2D eigenvalue weighted by molar-refractivity contribution is 7.80. The first-order valence-corrected chi connectivity index (χ1v) is 14.4. The van der Waals surface area contributed by atoms with Crippen molar-refractivity contribution in [3.05, 3.63) is 83.6 Å². The van der Waals surface area contributed by atoms with Crippen LogP contribution in [0.5, 0.6) is 5.95 Å². The number of carbonyl (C=O) groups excluding carboxylic acids is 2. The van der Waals surface area contributed by atoms with Crippen LogP contribution in [0.3, 0.4) is 0 Å². The van der Waals surface area contributed by atoms with E-state index in [1.165, 1.54) is 15.1 Å². The average molecular weight is 599 g/mol. The number of hydrogen-bond acceptors (Lipinski definition) is 8. The molecule has 3 aromatic carbocycles. The quantitative estimate of drug-likeness (QED) is 0.221. The maximum absolute atomic E-state index is 13.7. The highest BCUT2D eigenvalue weighted by atomic mass is 32.1. The highest BCUT2D eigenvalue weighted by Gasteiger charge is 2.45. The number of rotatable bonds is 7. The molecule has 1 saturated heterocycles. The lowest BCUT2D eigenvalue weighted by Crippen LogP contribution is -2.42. The summed E-state index contributed by atoms with van der Waals surface area (Å²) in [7, 11) is 1.57. The molecule has 0 spiro atoms. The number of benzene rings is 3. The zero-order chi connectivity index (χ0) is 29.5. The van der Waals surface area contributed by atoms with E-state index < -0.39 is 12.0 Å². The third-order valence-corrected chi connectivity index (χ3v) is 8.63. The fourth-order valence-electron chi connectivity index (χ4n) is 4.84. The number of hydrogen-bond donors (Lipinski definition) is 1. The normalized spacial score (nSPS) is 15.2. The van der Waals surface area contributed by atoms with Gasteiger partial charge in [0.1, 0.15) is 17.6 Å². The summed E-state index contributed by atoms with van der Waals surface area (Å²) in [5, 5.41) is 19.9. The van der Waals surface area contributed by atoms with Gasteiger partial charge in [0.25, 0.3) is 11.6 Å². The van der Waals surface area contributed by atoms with Crippen LogP contribution in [0.1, 0.15) is 23.2 Å². The zero-order valence-electron chi connectivity index (χ0n) is 23.0. The number of fused-ring (bicyclic) bond motifs is 1. The molecule has 1 N–H and O–H groups in total. The fourth-order valence-corrected chi connectivity index (χ4v) is 6.30. The van der Waals surface area contributed by atoms with Crippen molar-refractivity contribution in [3.8, 4) is 16.5 Å². The summed E-state index contributed by atoms with van der Waals surface area (Å²) >= 11 is 7.31. The summed E-state index contributed by atoms with van der Waals surface area (Å²) in [4.78, 5) is 34.6. The minimum absolute atomic E-state index is 0.0416. The molecule has 1 aliphatic rings. The van der Waals surface area contributed by atoms with Crippen molar-refractivity contribution in [2.75, 3.05) is 10.2 Å². The van der Waals surface area contributed by atoms with Crippen molar-refractivity contribution in [2.45, 2.75) is 32.9 Å². The molecule has 42 heavy (non-hydrogen) atoms. The van der Waals surface area contributed by atoms with Crippen molar-refractivity contribution in [1.82, 2.24) is 15.2 Å². The van der Waals surface area contributed by atoms with Gasteiger partial charge in [-0.3, -0.25) is 14.5 Å². The molecule has 0 aliphatic carbocycles. The van der Waals surface area contributed by atoms with Crippen molar-refractivity contribution < 1.29 is 23.9 Å². The topological polar surface area (TPSA) is 119 Å². The largest absolute Gasteiger partial charge is 0.539 e. The number of aryl methyl sites for hydroxylation is 3. The third-order valence-electron chi connectivity index (χ3n) is 7.14. The molecule has 10 nitrogen and oxygen atoms in total. The molecular weight excluding hydrogens is 573 g/mol. The Labute approximate surface area is 250 Å². The van der Waals surface area contributed by atoms with E-state index in [1.807, 2.05) is 55.5 Å². The molecule has 1 fully saturated rings. The predicted octanol–water partition coefficient (Wildman–Crippen LogP) is 4.00. The lowest BCUT2D eigenvalue weighted by molar-refractivity contribution is -0.746. The Morgan fingerprint density at radius 3 is 2.50 bits per heavy atom. The number of thiazole rings is 1. The van der Waals surface area contributed by atoms with Crippen molar-refractivity contribution in [2.24, 2.45) is 7.05 Å². The average Bonchev–Trinajstić information content (AvgIpc) is 3.60. The van der Waals surface area contributed by atoms with Gasteiger partial charge in [-0.25, -0.2) is 4.98 Å². The van der Waals surface area contributed by atoms with Crippen LogP contribution in [-0.2, 0) is 23.2 Å². The minimum atomic E-state index is -0.932. The van der Waals surface area contributed by atoms with E-state index in [4.69, 9.17) is 21.7 Å². The smallest absolute Gasteiger partial charge is 0.256 e. The maximum Gasteiger partial charge on any atom is 0.256 e. The molecule has 0 bridgehead atoms. The van der Waals surface area contributed by atoms with Crippen LogP contribution in [0.15, 0.2) is 71.3 Å². The second kappa shape index (κ2) is 11.0. The molecule has 212 valence electrons. The van der Waals surface area contributed by atoms with Gasteiger partial charge < -0.3 is 19.8 Å². The Hall–Kier alpha value is -4.68. The van der Waals surface area contributed by atoms with E-state index in [2.05, 4.69) is 23.6 Å². The number of nitrogens with one attached hydrogen (secondary N) is 1. The molecule has 6 rings (SSSR count). The van der Waals surface area contributed by atoms with E-state index in [-0.39, 0.29) is 35.6 Å². The first-order chi connectivity index (χ1) is 20.2. The van der Waals surface area contributed by atoms with Crippen LogP contribution in [-0.4, -0.2) is 38.1 Å². The Morgan fingerprint density at radius 2 is 1.81 bits per heavy atom. The summed E-state index contributed by atoms with van der Waals surface area (Å²) in [6.07, 6.45) is -0.177. The van der Waals surface area contributed by atoms with Crippen LogP contribution in [0, 0.1) is 13.8 Å². The SMILES string of the molecule is Cc1ccc(N2C(=O)C(CC(=O)Nc3ccc(-c4nc5ccc(C)cc5s4)cc3)N(Cc3c([O-])on[n+]3C)C2=S)cc1. The lowest BCUT2D eigenvalue weighted by Gasteiger charge is -2.22. The van der Waals surface area contributed by atoms with Gasteiger partial charge in [0, 0.05) is 11.3 Å². The molecule has 1 unspecified atom stereocenters. The number of thiocarbonyl (C=S) groups is 1. The maximum atomic E-state index is 13.7. The van der Waals surface area contributed by atoms with Gasteiger partial charge in [-0.2, -0.15) is 0 Å². The Kier molecular flexibility index (Phi) is 7.17. The minimum Gasteiger partial charge on any atom is -0.539 e. The molecule has 0 radical (unpaired) electrons. The van der Waals surface area contributed by atoms with Gasteiger partial charge in [-0.1, -0.05) is 28.4 Å². The zero-order valence-corrected chi connectivity index (χ0v) is 24.7. The standard InChI is InChI=1S/C30H26N6O4S2/c1-17-4-11-21(12-5-17)36-28(38)23(35(30(36)41)16-24-29(39)40-33-34(24)3)15-26(37)31-20-9-7-19(8-10-20)27-32-22-13-6-18(2)14-25(22)42-27/h4-14,23H,15-16H2,1-3H3,(H-,31,32,33,37,39). The molecule has 1 atom stereocenters. The van der Waals surface area contributed by atoms with Gasteiger partial charge in [0.05, 0.1) is 27.6 Å². The van der Waals surface area contributed by atoms with Gasteiger partial charge in [0.15, 0.2) is 18.1 Å². The summed E-state index contributed by atoms with van der Waals surface area (Å²) in [6, 6.07) is 20.0. The van der Waals surface area contributed by atoms with Crippen molar-refractivity contribution in [1.29, 1.82) is 0 Å². The first-order valence-electron chi connectivity index (χ1n) is 13.2. The Bertz CT molecular complexity index is 1810. The van der Waals surface area contributed by atoms with Crippen molar-refractivity contribution in [3.63, 3.8) is 0 Å². The van der Waals surface area contributed by atoms with Crippen LogP contribution in [0.2, 0.25) is 0 Å². The molecule has 12 heteroatoms. The van der Waals surface area contributed by atoms with E-state index in [9.17, 15) is 14.7 Å². The number of nitrogens with zero attached hydrogens (tertiary/aromatic N) is 5. The van der Waals surface area contributed by atoms with E-state index in [1.54, 1.807) is 35.4 Å². The van der Waals surface area contributed by atoms with E-state index in [0.717, 1.165) is 26.4 Å². The summed E-state index contributed by atoms with van der Waals surface area (Å²) in [6.45, 7) is 3.96. The molecule has 0 saturated carbocycles. The summed E-state index contributed by atoms with van der Waals surface area (Å²) in [5.41, 5.74) is 5.48. The van der Waals surface area contributed by atoms with Gasteiger partial charge in [-0.15, -0.1) is 11.3 Å². The fraction of sp³-hybridized carbons (Fsp3) is 0.200. The molecule has 1 aliphatic heterocycles. The number of carbonyl (C=O) groups is 2. The van der Waals surface area contributed by atoms with Gasteiger partial charge in [-0.05, 0) is 80.2 Å². The van der Waals surface area contributed by atoms with E-state index >= 15 is 0 Å². The molecule has 2 amide bonds. The molecular formula is C30H26N6O4S2.